The van der Waals surface area contributed by atoms with Gasteiger partial charge in [0.1, 0.15) is 0 Å². The first-order valence-electron chi connectivity index (χ1n) is 22.3. The summed E-state index contributed by atoms with van der Waals surface area (Å²) in [6.07, 6.45) is 16.3. The molecule has 2 unspecified atom stereocenters. The van der Waals surface area contributed by atoms with Crippen LogP contribution in [0.1, 0.15) is 49.0 Å². The molecule has 0 saturated carbocycles. The Morgan fingerprint density at radius 3 is 1.45 bits per heavy atom. The van der Waals surface area contributed by atoms with Gasteiger partial charge in [-0.2, -0.15) is 0 Å². The van der Waals surface area contributed by atoms with Crippen molar-refractivity contribution in [1.29, 1.82) is 0 Å². The van der Waals surface area contributed by atoms with Crippen molar-refractivity contribution in [2.24, 2.45) is 5.92 Å². The summed E-state index contributed by atoms with van der Waals surface area (Å²) in [7, 11) is 0. The third-order valence-corrected chi connectivity index (χ3v) is 14.9. The molecular weight excluding hydrogens is 765 g/mol. The highest BCUT2D eigenvalue weighted by Gasteiger charge is 2.23. The molecule has 0 bridgehead atoms. The standard InChI is InChI=1S/C61H46S/c1-39-26-28-41(29-27-39)58-48-18-5-7-20-50(48)60(51-21-8-6-19-49(51)58)46-32-30-43-37-47(33-31-42(43)36-46)61-54-24-11-9-22-52(54)59(53-23-10-12-25-55(53)61)45-17-13-16-44(38-45)57-35-34-56(62-57)40-14-3-2-4-15-40/h2-3,5-14,16-26,28,30-39,41H,4,15,27,29H2,1H3. The van der Waals surface area contributed by atoms with Crippen LogP contribution in [0.5, 0.6) is 0 Å². The third-order valence-electron chi connectivity index (χ3n) is 13.7. The van der Waals surface area contributed by atoms with E-state index in [2.05, 4.69) is 207 Å². The Bertz CT molecular complexity index is 3380. The van der Waals surface area contributed by atoms with Crippen LogP contribution in [0.25, 0.3) is 103 Å². The van der Waals surface area contributed by atoms with Gasteiger partial charge >= 0.3 is 0 Å². The van der Waals surface area contributed by atoms with Crippen LogP contribution in [-0.4, -0.2) is 0 Å². The van der Waals surface area contributed by atoms with E-state index < -0.39 is 0 Å². The molecule has 0 N–H and O–H groups in total. The molecule has 1 aromatic heterocycles. The minimum absolute atomic E-state index is 0.429. The van der Waals surface area contributed by atoms with Crippen molar-refractivity contribution in [1.82, 2.24) is 0 Å². The van der Waals surface area contributed by atoms with Gasteiger partial charge in [0.25, 0.3) is 0 Å². The Morgan fingerprint density at radius 2 is 0.935 bits per heavy atom. The Kier molecular flexibility index (Phi) is 9.12. The van der Waals surface area contributed by atoms with Crippen molar-refractivity contribution in [3.05, 3.63) is 211 Å². The van der Waals surface area contributed by atoms with Gasteiger partial charge in [-0.25, -0.2) is 0 Å². The van der Waals surface area contributed by atoms with Crippen LogP contribution in [0.15, 0.2) is 200 Å². The summed E-state index contributed by atoms with van der Waals surface area (Å²) in [5.74, 6) is 1.08. The van der Waals surface area contributed by atoms with Crippen LogP contribution in [0.2, 0.25) is 0 Å². The summed E-state index contributed by atoms with van der Waals surface area (Å²) in [6, 6.07) is 64.3. The van der Waals surface area contributed by atoms with E-state index in [-0.39, 0.29) is 0 Å². The molecule has 0 amide bonds. The number of fused-ring (bicyclic) bond motifs is 5. The fourth-order valence-electron chi connectivity index (χ4n) is 10.7. The van der Waals surface area contributed by atoms with E-state index in [4.69, 9.17) is 0 Å². The molecule has 1 heteroatoms. The highest BCUT2D eigenvalue weighted by Crippen LogP contribution is 2.48. The molecule has 0 fully saturated rings. The average Bonchev–Trinajstić information content (AvgIpc) is 3.84. The largest absolute Gasteiger partial charge is 0.136 e. The highest BCUT2D eigenvalue weighted by molar-refractivity contribution is 7.16. The Morgan fingerprint density at radius 1 is 0.435 bits per heavy atom. The summed E-state index contributed by atoms with van der Waals surface area (Å²) in [4.78, 5) is 2.69. The molecule has 1 heterocycles. The number of hydrogen-bond donors (Lipinski definition) is 0. The van der Waals surface area contributed by atoms with Crippen molar-refractivity contribution in [3.8, 4) is 43.8 Å². The summed E-state index contributed by atoms with van der Waals surface area (Å²) in [6.45, 7) is 2.34. The average molecular weight is 811 g/mol. The number of allylic oxidation sites excluding steroid dienone is 6. The Labute approximate surface area is 367 Å². The molecule has 0 radical (unpaired) electrons. The van der Waals surface area contributed by atoms with E-state index in [0.29, 0.717) is 11.8 Å². The highest BCUT2D eigenvalue weighted by atomic mass is 32.1. The summed E-state index contributed by atoms with van der Waals surface area (Å²) in [5, 5.41) is 13.0. The lowest BCUT2D eigenvalue weighted by molar-refractivity contribution is 0.548. The maximum absolute atomic E-state index is 2.47. The molecule has 2 atom stereocenters. The SMILES string of the molecule is CC1C=CC(c2c3ccccc3c(-c3ccc4cc(-c5c6ccccc6c(-c6cccc(-c7ccc(C8=CC=CCC8)s7)c6)c6ccccc56)ccc4c3)c3ccccc23)CC1. The smallest absolute Gasteiger partial charge is 0.0349 e. The minimum atomic E-state index is 0.429. The normalized spacial score (nSPS) is 16.5. The maximum atomic E-state index is 2.47. The van der Waals surface area contributed by atoms with Gasteiger partial charge in [-0.3, -0.25) is 0 Å². The molecule has 9 aromatic carbocycles. The molecule has 296 valence electrons. The van der Waals surface area contributed by atoms with E-state index in [0.717, 1.165) is 12.8 Å². The minimum Gasteiger partial charge on any atom is -0.136 e. The quantitative estimate of drug-likeness (QED) is 0.116. The number of thiophene rings is 1. The first-order valence-corrected chi connectivity index (χ1v) is 23.1. The molecule has 0 spiro atoms. The van der Waals surface area contributed by atoms with Gasteiger partial charge in [0.05, 0.1) is 0 Å². The van der Waals surface area contributed by atoms with Crippen molar-refractivity contribution in [3.63, 3.8) is 0 Å². The van der Waals surface area contributed by atoms with Crippen LogP contribution in [0, 0.1) is 5.92 Å². The summed E-state index contributed by atoms with van der Waals surface area (Å²) < 4.78 is 0. The van der Waals surface area contributed by atoms with Gasteiger partial charge in [-0.05, 0) is 166 Å². The molecule has 12 rings (SSSR count). The zero-order valence-electron chi connectivity index (χ0n) is 34.9. The van der Waals surface area contributed by atoms with Gasteiger partial charge in [-0.15, -0.1) is 11.3 Å². The Hall–Kier alpha value is -6.80. The van der Waals surface area contributed by atoms with Gasteiger partial charge in [0.15, 0.2) is 0 Å². The summed E-state index contributed by atoms with van der Waals surface area (Å²) >= 11 is 1.91. The number of hydrogen-bond acceptors (Lipinski definition) is 1. The second-order valence-electron chi connectivity index (χ2n) is 17.4. The first-order chi connectivity index (χ1) is 30.7. The number of rotatable bonds is 6. The second kappa shape index (κ2) is 15.3. The molecule has 2 aliphatic carbocycles. The molecule has 2 aliphatic rings. The van der Waals surface area contributed by atoms with Crippen LogP contribution in [-0.2, 0) is 0 Å². The van der Waals surface area contributed by atoms with Crippen molar-refractivity contribution in [2.45, 2.75) is 38.5 Å². The van der Waals surface area contributed by atoms with E-state index in [1.165, 1.54) is 127 Å². The van der Waals surface area contributed by atoms with E-state index in [1.54, 1.807) is 0 Å². The maximum Gasteiger partial charge on any atom is 0.0349 e. The first kappa shape index (κ1) is 37.0. The van der Waals surface area contributed by atoms with E-state index in [1.807, 2.05) is 11.3 Å². The zero-order valence-corrected chi connectivity index (χ0v) is 35.8. The topological polar surface area (TPSA) is 0 Å². The van der Waals surface area contributed by atoms with Gasteiger partial charge in [0.2, 0.25) is 0 Å². The molecule has 0 saturated heterocycles. The van der Waals surface area contributed by atoms with Gasteiger partial charge in [-0.1, -0.05) is 177 Å². The van der Waals surface area contributed by atoms with Crippen molar-refractivity contribution >= 4 is 70.8 Å². The Balaban J connectivity index is 0.979. The van der Waals surface area contributed by atoms with Crippen LogP contribution in [0.4, 0.5) is 0 Å². The number of benzene rings is 9. The lowest BCUT2D eigenvalue weighted by Crippen LogP contribution is -2.06. The third kappa shape index (κ3) is 6.26. The van der Waals surface area contributed by atoms with Crippen LogP contribution >= 0.6 is 11.3 Å². The molecular formula is C61H46S. The fraction of sp³-hybridized carbons (Fsp3) is 0.115. The van der Waals surface area contributed by atoms with Crippen LogP contribution < -0.4 is 0 Å². The molecule has 10 aromatic rings. The predicted molar refractivity (Wildman–Crippen MR) is 270 cm³/mol. The zero-order chi connectivity index (χ0) is 41.1. The molecule has 0 nitrogen and oxygen atoms in total. The van der Waals surface area contributed by atoms with Crippen molar-refractivity contribution < 1.29 is 0 Å². The monoisotopic (exact) mass is 810 g/mol. The lowest BCUT2D eigenvalue weighted by Gasteiger charge is -2.25. The molecule has 62 heavy (non-hydrogen) atoms. The lowest BCUT2D eigenvalue weighted by atomic mass is 9.79. The summed E-state index contributed by atoms with van der Waals surface area (Å²) in [5.41, 5.74) is 11.9. The fourth-order valence-corrected chi connectivity index (χ4v) is 11.7. The predicted octanol–water partition coefficient (Wildman–Crippen LogP) is 18.0. The van der Waals surface area contributed by atoms with E-state index >= 15 is 0 Å². The second-order valence-corrected chi connectivity index (χ2v) is 18.5. The molecule has 0 aliphatic heterocycles. The van der Waals surface area contributed by atoms with Crippen LogP contribution in [0.3, 0.4) is 0 Å². The van der Waals surface area contributed by atoms with E-state index in [9.17, 15) is 0 Å². The van der Waals surface area contributed by atoms with Crippen molar-refractivity contribution in [2.75, 3.05) is 0 Å². The van der Waals surface area contributed by atoms with Gasteiger partial charge in [0, 0.05) is 15.7 Å². The van der Waals surface area contributed by atoms with Gasteiger partial charge < -0.3 is 0 Å².